The largest absolute Gasteiger partial charge is 0.487 e. The molecule has 1 heterocycles. The average molecular weight is 451 g/mol. The van der Waals surface area contributed by atoms with Crippen molar-refractivity contribution in [2.24, 2.45) is 0 Å². The third kappa shape index (κ3) is 7.29. The van der Waals surface area contributed by atoms with E-state index < -0.39 is 0 Å². The molecule has 0 spiro atoms. The lowest BCUT2D eigenvalue weighted by Gasteiger charge is -2.20. The summed E-state index contributed by atoms with van der Waals surface area (Å²) in [5.74, 6) is 1.30. The Bertz CT molecular complexity index is 1040. The van der Waals surface area contributed by atoms with Crippen LogP contribution in [0.5, 0.6) is 5.75 Å². The molecular formula is C31H34N2O. The normalized spacial score (nSPS) is 11.9. The minimum absolute atomic E-state index is 0.417. The summed E-state index contributed by atoms with van der Waals surface area (Å²) in [4.78, 5) is 4.30. The van der Waals surface area contributed by atoms with Gasteiger partial charge < -0.3 is 10.1 Å². The number of benzene rings is 3. The van der Waals surface area contributed by atoms with E-state index >= 15 is 0 Å². The van der Waals surface area contributed by atoms with Gasteiger partial charge in [0.1, 0.15) is 12.4 Å². The van der Waals surface area contributed by atoms with Crippen molar-refractivity contribution in [3.63, 3.8) is 0 Å². The molecular weight excluding hydrogens is 416 g/mol. The molecule has 0 saturated carbocycles. The molecule has 3 heteroatoms. The Balaban J connectivity index is 1.22. The van der Waals surface area contributed by atoms with Gasteiger partial charge >= 0.3 is 0 Å². The van der Waals surface area contributed by atoms with Gasteiger partial charge in [0.2, 0.25) is 0 Å². The third-order valence-electron chi connectivity index (χ3n) is 6.23. The molecule has 174 valence electrons. The molecule has 0 bridgehead atoms. The van der Waals surface area contributed by atoms with Gasteiger partial charge in [-0.25, -0.2) is 0 Å². The van der Waals surface area contributed by atoms with E-state index in [1.165, 1.54) is 16.7 Å². The predicted octanol–water partition coefficient (Wildman–Crippen LogP) is 6.79. The summed E-state index contributed by atoms with van der Waals surface area (Å²) in [5, 5.41) is 3.74. The summed E-state index contributed by atoms with van der Waals surface area (Å²) >= 11 is 0. The fraction of sp³-hybridized carbons (Fsp3) is 0.258. The third-order valence-corrected chi connectivity index (χ3v) is 6.23. The van der Waals surface area contributed by atoms with Gasteiger partial charge in [-0.15, -0.1) is 0 Å². The number of pyridine rings is 1. The predicted molar refractivity (Wildman–Crippen MR) is 140 cm³/mol. The molecule has 4 rings (SSSR count). The van der Waals surface area contributed by atoms with Crippen LogP contribution in [0.2, 0.25) is 0 Å². The second-order valence-electron chi connectivity index (χ2n) is 8.81. The van der Waals surface area contributed by atoms with Crippen molar-refractivity contribution in [2.45, 2.75) is 44.8 Å². The maximum atomic E-state index is 5.85. The molecule has 0 aliphatic carbocycles. The molecule has 0 amide bonds. The van der Waals surface area contributed by atoms with Crippen molar-refractivity contribution >= 4 is 0 Å². The number of aryl methyl sites for hydroxylation is 1. The van der Waals surface area contributed by atoms with Crippen LogP contribution in [0.15, 0.2) is 109 Å². The van der Waals surface area contributed by atoms with Gasteiger partial charge in [0.15, 0.2) is 0 Å². The van der Waals surface area contributed by atoms with Crippen LogP contribution in [0, 0.1) is 0 Å². The number of nitrogens with zero attached hydrogens (tertiary/aromatic N) is 1. The van der Waals surface area contributed by atoms with Crippen LogP contribution in [-0.2, 0) is 13.0 Å². The van der Waals surface area contributed by atoms with E-state index in [4.69, 9.17) is 4.74 Å². The van der Waals surface area contributed by atoms with Crippen LogP contribution in [0.4, 0.5) is 0 Å². The molecule has 1 aromatic heterocycles. The van der Waals surface area contributed by atoms with E-state index in [0.717, 1.165) is 37.3 Å². The van der Waals surface area contributed by atoms with E-state index in [2.05, 4.69) is 102 Å². The lowest BCUT2D eigenvalue weighted by atomic mass is 9.88. The number of aromatic nitrogens is 1. The molecule has 34 heavy (non-hydrogen) atoms. The zero-order valence-corrected chi connectivity index (χ0v) is 19.9. The maximum absolute atomic E-state index is 5.85. The Hall–Kier alpha value is -3.43. The van der Waals surface area contributed by atoms with Gasteiger partial charge in [-0.1, -0.05) is 78.9 Å². The molecule has 1 atom stereocenters. The van der Waals surface area contributed by atoms with Crippen LogP contribution in [0.3, 0.4) is 0 Å². The van der Waals surface area contributed by atoms with Gasteiger partial charge in [0.25, 0.3) is 0 Å². The van der Waals surface area contributed by atoms with Crippen LogP contribution in [-0.4, -0.2) is 17.6 Å². The highest BCUT2D eigenvalue weighted by Gasteiger charge is 2.14. The van der Waals surface area contributed by atoms with Crippen LogP contribution >= 0.6 is 0 Å². The molecule has 3 aromatic carbocycles. The Morgan fingerprint density at radius 1 is 0.735 bits per heavy atom. The molecule has 1 unspecified atom stereocenters. The fourth-order valence-electron chi connectivity index (χ4n) is 4.25. The zero-order valence-electron chi connectivity index (χ0n) is 19.9. The summed E-state index contributed by atoms with van der Waals surface area (Å²) in [6.45, 7) is 3.77. The van der Waals surface area contributed by atoms with Crippen LogP contribution < -0.4 is 10.1 Å². The minimum Gasteiger partial charge on any atom is -0.487 e. The highest BCUT2D eigenvalue weighted by atomic mass is 16.5. The molecule has 4 aromatic rings. The Morgan fingerprint density at radius 2 is 1.38 bits per heavy atom. The van der Waals surface area contributed by atoms with Crippen molar-refractivity contribution in [1.29, 1.82) is 0 Å². The quantitative estimate of drug-likeness (QED) is 0.258. The first-order valence-corrected chi connectivity index (χ1v) is 12.2. The molecule has 3 nitrogen and oxygen atoms in total. The summed E-state index contributed by atoms with van der Waals surface area (Å²) in [6, 6.07) is 36.5. The van der Waals surface area contributed by atoms with Gasteiger partial charge in [-0.3, -0.25) is 4.98 Å². The first kappa shape index (κ1) is 23.7. The van der Waals surface area contributed by atoms with Crippen molar-refractivity contribution < 1.29 is 4.74 Å². The lowest BCUT2D eigenvalue weighted by molar-refractivity contribution is 0.301. The zero-order chi connectivity index (χ0) is 23.4. The summed E-state index contributed by atoms with van der Waals surface area (Å²) in [5.41, 5.74) is 5.04. The van der Waals surface area contributed by atoms with Gasteiger partial charge in [0, 0.05) is 18.2 Å². The summed E-state index contributed by atoms with van der Waals surface area (Å²) < 4.78 is 5.85. The fourth-order valence-corrected chi connectivity index (χ4v) is 4.25. The number of rotatable bonds is 12. The van der Waals surface area contributed by atoms with Gasteiger partial charge in [-0.2, -0.15) is 0 Å². The number of ether oxygens (including phenoxy) is 1. The van der Waals surface area contributed by atoms with Crippen LogP contribution in [0.25, 0.3) is 0 Å². The number of hydrogen-bond donors (Lipinski definition) is 1. The van der Waals surface area contributed by atoms with Gasteiger partial charge in [-0.05, 0) is 73.7 Å². The Kier molecular flexibility index (Phi) is 8.87. The van der Waals surface area contributed by atoms with E-state index in [-0.39, 0.29) is 0 Å². The summed E-state index contributed by atoms with van der Waals surface area (Å²) in [7, 11) is 0. The smallest absolute Gasteiger partial charge is 0.130 e. The number of hydrogen-bond acceptors (Lipinski definition) is 3. The van der Waals surface area contributed by atoms with Crippen molar-refractivity contribution in [3.8, 4) is 5.75 Å². The SMILES string of the molecule is CC(CCc1ccc(OCc2ccccn2)cc1)NCCC(c1ccccc1)c1ccccc1. The van der Waals surface area contributed by atoms with E-state index in [0.29, 0.717) is 18.6 Å². The van der Waals surface area contributed by atoms with Crippen molar-refractivity contribution in [3.05, 3.63) is 132 Å². The van der Waals surface area contributed by atoms with Gasteiger partial charge in [0.05, 0.1) is 5.69 Å². The van der Waals surface area contributed by atoms with Crippen molar-refractivity contribution in [1.82, 2.24) is 10.3 Å². The second kappa shape index (κ2) is 12.7. The summed E-state index contributed by atoms with van der Waals surface area (Å²) in [6.07, 6.45) is 5.03. The molecule has 0 radical (unpaired) electrons. The highest BCUT2D eigenvalue weighted by molar-refractivity contribution is 5.32. The van der Waals surface area contributed by atoms with E-state index in [1.54, 1.807) is 6.20 Å². The molecule has 0 aliphatic heterocycles. The maximum Gasteiger partial charge on any atom is 0.130 e. The Morgan fingerprint density at radius 3 is 2.00 bits per heavy atom. The Labute approximate surface area is 203 Å². The van der Waals surface area contributed by atoms with Crippen LogP contribution in [0.1, 0.15) is 48.1 Å². The molecule has 0 saturated heterocycles. The molecule has 1 N–H and O–H groups in total. The molecule has 0 aliphatic rings. The van der Waals surface area contributed by atoms with E-state index in [9.17, 15) is 0 Å². The standard InChI is InChI=1S/C31H34N2O/c1-25(15-16-26-17-19-30(20-18-26)34-24-29-14-8-9-22-33-29)32-23-21-31(27-10-4-2-5-11-27)28-12-6-3-7-13-28/h2-14,17-20,22,25,31-32H,15-16,21,23-24H2,1H3. The topological polar surface area (TPSA) is 34.1 Å². The minimum atomic E-state index is 0.417. The van der Waals surface area contributed by atoms with E-state index in [1.807, 2.05) is 18.2 Å². The average Bonchev–Trinajstić information content (AvgIpc) is 2.91. The number of nitrogens with one attached hydrogen (secondary N) is 1. The lowest BCUT2D eigenvalue weighted by Crippen LogP contribution is -2.28. The monoisotopic (exact) mass is 450 g/mol. The van der Waals surface area contributed by atoms with Crippen molar-refractivity contribution in [2.75, 3.05) is 6.54 Å². The highest BCUT2D eigenvalue weighted by Crippen LogP contribution is 2.27. The first-order valence-electron chi connectivity index (χ1n) is 12.2. The second-order valence-corrected chi connectivity index (χ2v) is 8.81. The molecule has 0 fully saturated rings. The first-order chi connectivity index (χ1) is 16.8.